The van der Waals surface area contributed by atoms with Gasteiger partial charge in [-0.1, -0.05) is 30.3 Å². The molecular weight excluding hydrogens is 552 g/mol. The largest absolute Gasteiger partial charge is 0.385 e. The molecule has 5 fully saturated rings. The van der Waals surface area contributed by atoms with Crippen molar-refractivity contribution < 1.29 is 28.7 Å². The van der Waals surface area contributed by atoms with Gasteiger partial charge in [0, 0.05) is 39.9 Å². The molecule has 0 aromatic heterocycles. The molecule has 1 aromatic rings. The molecule has 0 atom stereocenters. The van der Waals surface area contributed by atoms with E-state index in [-0.39, 0.29) is 35.3 Å². The average molecular weight is 593 g/mol. The highest BCUT2D eigenvalue weighted by Crippen LogP contribution is 2.61. The van der Waals surface area contributed by atoms with Crippen LogP contribution in [0.2, 0.25) is 0 Å². The van der Waals surface area contributed by atoms with E-state index in [2.05, 4.69) is 5.32 Å². The molecule has 3 aliphatic heterocycles. The number of nitrogens with two attached hydrogens (primary N) is 1. The Morgan fingerprint density at radius 3 is 2.23 bits per heavy atom. The first-order chi connectivity index (χ1) is 20.6. The smallest absolute Gasteiger partial charge is 0.334 e. The number of hydrogen-bond donors (Lipinski definition) is 2. The first kappa shape index (κ1) is 29.2. The van der Waals surface area contributed by atoms with Crippen molar-refractivity contribution in [3.05, 3.63) is 47.3 Å². The van der Waals surface area contributed by atoms with Crippen LogP contribution in [0.4, 0.5) is 9.59 Å². The maximum absolute atomic E-state index is 13.7. The van der Waals surface area contributed by atoms with Gasteiger partial charge in [-0.3, -0.25) is 29.1 Å². The van der Waals surface area contributed by atoms with E-state index < -0.39 is 29.4 Å². The number of carbonyl (C=O) groups excluding carboxylic acids is 5. The molecule has 2 saturated carbocycles. The molecule has 230 valence electrons. The number of amides is 7. The van der Waals surface area contributed by atoms with Crippen LogP contribution in [0.1, 0.15) is 56.9 Å². The Morgan fingerprint density at radius 1 is 0.953 bits per heavy atom. The number of barbiturate groups is 1. The number of carbonyl (C=O) groups is 5. The van der Waals surface area contributed by atoms with E-state index in [1.54, 1.807) is 7.05 Å². The third-order valence-electron chi connectivity index (χ3n) is 10.3. The number of likely N-dealkylation sites (N-methyl/N-ethyl adjacent to an activating group) is 1. The van der Waals surface area contributed by atoms with Gasteiger partial charge in [0.2, 0.25) is 0 Å². The van der Waals surface area contributed by atoms with Crippen LogP contribution < -0.4 is 11.1 Å². The normalized spacial score (nSPS) is 31.4. The minimum absolute atomic E-state index is 0.0224. The lowest BCUT2D eigenvalue weighted by atomic mass is 9.51. The molecule has 0 unspecified atom stereocenters. The van der Waals surface area contributed by atoms with Crippen molar-refractivity contribution in [3.8, 4) is 0 Å². The fourth-order valence-corrected chi connectivity index (χ4v) is 7.91. The summed E-state index contributed by atoms with van der Waals surface area (Å²) in [4.78, 5) is 72.6. The lowest BCUT2D eigenvalue weighted by molar-refractivity contribution is -0.151. The zero-order valence-electron chi connectivity index (χ0n) is 24.8. The Kier molecular flexibility index (Phi) is 7.44. The van der Waals surface area contributed by atoms with Crippen molar-refractivity contribution in [1.82, 2.24) is 24.9 Å². The van der Waals surface area contributed by atoms with E-state index in [1.165, 1.54) is 16.8 Å². The van der Waals surface area contributed by atoms with Gasteiger partial charge < -0.3 is 20.7 Å². The van der Waals surface area contributed by atoms with Crippen molar-refractivity contribution in [2.24, 2.45) is 17.1 Å². The molecular formula is C31H40N6O6. The highest BCUT2D eigenvalue weighted by Gasteiger charge is 2.68. The quantitative estimate of drug-likeness (QED) is 0.290. The van der Waals surface area contributed by atoms with Gasteiger partial charge >= 0.3 is 12.1 Å². The van der Waals surface area contributed by atoms with E-state index >= 15 is 0 Å². The van der Waals surface area contributed by atoms with Gasteiger partial charge in [-0.25, -0.2) is 9.59 Å². The molecule has 12 heteroatoms. The van der Waals surface area contributed by atoms with Crippen LogP contribution in [0.3, 0.4) is 0 Å². The van der Waals surface area contributed by atoms with Gasteiger partial charge in [0.15, 0.2) is 0 Å². The standard InChI is InChI=1S/C31H40N6O6/c1-33-24(32)23-25(38)35(16-20-6-4-3-5-7-20)29(42)37(26(23)39)22-8-12-30(13-9-22)18-31(19-30)27(40)34(2)28(41)36(31)17-21-10-14-43-15-11-21/h3-7,21-22,33H,8-19,32H2,1-2H3/b24-23+. The molecule has 6 rings (SSSR count). The van der Waals surface area contributed by atoms with E-state index in [1.807, 2.05) is 35.2 Å². The van der Waals surface area contributed by atoms with Crippen LogP contribution in [-0.4, -0.2) is 94.8 Å². The second-order valence-electron chi connectivity index (χ2n) is 12.8. The van der Waals surface area contributed by atoms with Crippen molar-refractivity contribution in [3.63, 3.8) is 0 Å². The van der Waals surface area contributed by atoms with Crippen molar-refractivity contribution in [2.75, 3.05) is 33.9 Å². The number of benzene rings is 1. The molecule has 2 aliphatic carbocycles. The molecule has 0 radical (unpaired) electrons. The second-order valence-corrected chi connectivity index (χ2v) is 12.8. The summed E-state index contributed by atoms with van der Waals surface area (Å²) < 4.78 is 5.49. The number of urea groups is 2. The van der Waals surface area contributed by atoms with Gasteiger partial charge in [0.05, 0.1) is 6.54 Å². The summed E-state index contributed by atoms with van der Waals surface area (Å²) in [6.45, 7) is 1.93. The highest BCUT2D eigenvalue weighted by molar-refractivity contribution is 6.29. The first-order valence-electron chi connectivity index (χ1n) is 15.2. The van der Waals surface area contributed by atoms with Gasteiger partial charge in [0.1, 0.15) is 16.9 Å². The SMILES string of the molecule is CN/C(N)=C1\C(=O)N(Cc2ccccc2)C(=O)N(C2CCC3(CC2)CC2(C3)C(=O)N(C)C(=O)N2CC2CCOCC2)C1=O. The summed E-state index contributed by atoms with van der Waals surface area (Å²) in [5, 5.41) is 2.70. The fourth-order valence-electron chi connectivity index (χ4n) is 7.91. The fraction of sp³-hybridized carbons (Fsp3) is 0.581. The third-order valence-corrected chi connectivity index (χ3v) is 10.3. The molecule has 2 spiro atoms. The molecule has 3 saturated heterocycles. The summed E-state index contributed by atoms with van der Waals surface area (Å²) >= 11 is 0. The van der Waals surface area contributed by atoms with Crippen LogP contribution in [0.25, 0.3) is 0 Å². The second kappa shape index (κ2) is 11.0. The maximum atomic E-state index is 13.7. The lowest BCUT2D eigenvalue weighted by Gasteiger charge is -2.59. The van der Waals surface area contributed by atoms with Crippen LogP contribution in [0, 0.1) is 11.3 Å². The predicted octanol–water partition coefficient (Wildman–Crippen LogP) is 2.15. The van der Waals surface area contributed by atoms with E-state index in [4.69, 9.17) is 10.5 Å². The molecule has 5 aliphatic rings. The summed E-state index contributed by atoms with van der Waals surface area (Å²) in [5.74, 6) is -1.29. The number of nitrogens with zero attached hydrogens (tertiary/aromatic N) is 4. The van der Waals surface area contributed by atoms with E-state index in [0.717, 1.165) is 23.3 Å². The Bertz CT molecular complexity index is 1360. The molecule has 0 bridgehead atoms. The van der Waals surface area contributed by atoms with Crippen LogP contribution in [0.15, 0.2) is 41.7 Å². The maximum Gasteiger partial charge on any atom is 0.334 e. The summed E-state index contributed by atoms with van der Waals surface area (Å²) in [7, 11) is 3.09. The van der Waals surface area contributed by atoms with Crippen molar-refractivity contribution in [2.45, 2.75) is 69.5 Å². The topological polar surface area (TPSA) is 146 Å². The lowest BCUT2D eigenvalue weighted by Crippen LogP contribution is -2.66. The van der Waals surface area contributed by atoms with Crippen molar-refractivity contribution >= 4 is 29.8 Å². The molecule has 43 heavy (non-hydrogen) atoms. The molecule has 7 amide bonds. The highest BCUT2D eigenvalue weighted by atomic mass is 16.5. The molecule has 3 N–H and O–H groups in total. The third kappa shape index (κ3) is 4.75. The van der Waals surface area contributed by atoms with Gasteiger partial charge in [-0.15, -0.1) is 0 Å². The summed E-state index contributed by atoms with van der Waals surface area (Å²) in [6, 6.07) is 7.87. The average Bonchev–Trinajstić information content (AvgIpc) is 3.17. The first-order valence-corrected chi connectivity index (χ1v) is 15.2. The Morgan fingerprint density at radius 2 is 1.60 bits per heavy atom. The van der Waals surface area contributed by atoms with Crippen molar-refractivity contribution in [1.29, 1.82) is 0 Å². The minimum Gasteiger partial charge on any atom is -0.385 e. The zero-order chi connectivity index (χ0) is 30.5. The number of hydrogen-bond acceptors (Lipinski definition) is 8. The Labute approximate surface area is 251 Å². The zero-order valence-corrected chi connectivity index (χ0v) is 24.8. The number of imide groups is 3. The van der Waals surface area contributed by atoms with E-state index in [0.29, 0.717) is 64.2 Å². The van der Waals surface area contributed by atoms with Crippen LogP contribution in [-0.2, 0) is 25.7 Å². The Balaban J connectivity index is 1.18. The monoisotopic (exact) mass is 592 g/mol. The number of nitrogens with one attached hydrogen (secondary N) is 1. The summed E-state index contributed by atoms with van der Waals surface area (Å²) in [5.41, 5.74) is 5.63. The number of ether oxygens (including phenoxy) is 1. The van der Waals surface area contributed by atoms with Gasteiger partial charge in [-0.05, 0) is 68.3 Å². The molecule has 12 nitrogen and oxygen atoms in total. The van der Waals surface area contributed by atoms with Gasteiger partial charge in [0.25, 0.3) is 17.7 Å². The molecule has 1 aromatic carbocycles. The number of rotatable bonds is 6. The van der Waals surface area contributed by atoms with Crippen LogP contribution in [0.5, 0.6) is 0 Å². The Hall–Kier alpha value is -3.93. The predicted molar refractivity (Wildman–Crippen MR) is 155 cm³/mol. The summed E-state index contributed by atoms with van der Waals surface area (Å²) in [6.07, 6.45) is 5.44. The van der Waals surface area contributed by atoms with Crippen LogP contribution >= 0.6 is 0 Å². The van der Waals surface area contributed by atoms with Gasteiger partial charge in [-0.2, -0.15) is 0 Å². The van der Waals surface area contributed by atoms with E-state index in [9.17, 15) is 24.0 Å². The molecule has 3 heterocycles. The minimum atomic E-state index is -0.816.